The van der Waals surface area contributed by atoms with Gasteiger partial charge >= 0.3 is 6.09 Å². The van der Waals surface area contributed by atoms with Crippen LogP contribution in [0.3, 0.4) is 0 Å². The number of carbonyl (C=O) groups is 2. The van der Waals surface area contributed by atoms with Gasteiger partial charge in [-0.15, -0.1) is 0 Å². The van der Waals surface area contributed by atoms with Crippen molar-refractivity contribution in [2.24, 2.45) is 5.92 Å². The van der Waals surface area contributed by atoms with Crippen molar-refractivity contribution < 1.29 is 14.3 Å². The van der Waals surface area contributed by atoms with Gasteiger partial charge in [0.2, 0.25) is 0 Å². The fourth-order valence-electron chi connectivity index (χ4n) is 4.47. The zero-order valence-corrected chi connectivity index (χ0v) is 21.1. The van der Waals surface area contributed by atoms with E-state index in [2.05, 4.69) is 28.1 Å². The van der Waals surface area contributed by atoms with Gasteiger partial charge in [0.1, 0.15) is 6.61 Å². The zero-order chi connectivity index (χ0) is 25.8. The van der Waals surface area contributed by atoms with Gasteiger partial charge in [-0.05, 0) is 79.6 Å². The van der Waals surface area contributed by atoms with Crippen LogP contribution in [0, 0.1) is 5.92 Å². The molecule has 2 amide bonds. The van der Waals surface area contributed by atoms with Crippen molar-refractivity contribution in [1.29, 1.82) is 0 Å². The lowest BCUT2D eigenvalue weighted by molar-refractivity contribution is 0.102. The second kappa shape index (κ2) is 11.0. The van der Waals surface area contributed by atoms with Crippen LogP contribution < -0.4 is 21.7 Å². The summed E-state index contributed by atoms with van der Waals surface area (Å²) in [7, 11) is 0. The van der Waals surface area contributed by atoms with Crippen molar-refractivity contribution >= 4 is 23.4 Å². The van der Waals surface area contributed by atoms with Crippen molar-refractivity contribution in [3.8, 4) is 0 Å². The summed E-state index contributed by atoms with van der Waals surface area (Å²) in [5.74, 6) is 1.26. The van der Waals surface area contributed by atoms with E-state index in [4.69, 9.17) is 10.5 Å². The van der Waals surface area contributed by atoms with E-state index in [1.54, 1.807) is 24.3 Å². The maximum absolute atomic E-state index is 12.5. The van der Waals surface area contributed by atoms with Crippen LogP contribution in [0.15, 0.2) is 72.8 Å². The zero-order valence-electron chi connectivity index (χ0n) is 21.1. The minimum absolute atomic E-state index is 0.217. The minimum atomic E-state index is -0.482. The highest BCUT2D eigenvalue weighted by Crippen LogP contribution is 2.41. The first-order valence-corrected chi connectivity index (χ1v) is 13.0. The molecule has 192 valence electrons. The molecule has 0 aliphatic heterocycles. The van der Waals surface area contributed by atoms with Gasteiger partial charge in [-0.1, -0.05) is 48.5 Å². The molecule has 2 aliphatic carbocycles. The Balaban J connectivity index is 1.05. The molecule has 0 heterocycles. The van der Waals surface area contributed by atoms with Gasteiger partial charge in [0.25, 0.3) is 5.91 Å². The molecule has 7 heteroatoms. The van der Waals surface area contributed by atoms with Gasteiger partial charge in [0.05, 0.1) is 17.4 Å². The maximum Gasteiger partial charge on any atom is 0.407 e. The molecule has 0 saturated heterocycles. The first-order chi connectivity index (χ1) is 18.0. The Kier molecular flexibility index (Phi) is 7.42. The Morgan fingerprint density at radius 3 is 2.43 bits per heavy atom. The van der Waals surface area contributed by atoms with Gasteiger partial charge in [0.15, 0.2) is 0 Å². The summed E-state index contributed by atoms with van der Waals surface area (Å²) in [6.45, 7) is 3.25. The summed E-state index contributed by atoms with van der Waals surface area (Å²) in [4.78, 5) is 24.9. The molecule has 5 N–H and O–H groups in total. The fraction of sp³-hybridized carbons (Fsp3) is 0.333. The van der Waals surface area contributed by atoms with E-state index in [0.717, 1.165) is 23.6 Å². The smallest absolute Gasteiger partial charge is 0.407 e. The summed E-state index contributed by atoms with van der Waals surface area (Å²) in [5.41, 5.74) is 10.7. The molecule has 2 aliphatic rings. The third-order valence-corrected chi connectivity index (χ3v) is 7.15. The van der Waals surface area contributed by atoms with E-state index in [-0.39, 0.29) is 18.6 Å². The number of alkyl carbamates (subject to hydrolysis) is 1. The van der Waals surface area contributed by atoms with Crippen LogP contribution in [0.2, 0.25) is 0 Å². The number of hydrogen-bond acceptors (Lipinski definition) is 5. The molecule has 5 rings (SSSR count). The van der Waals surface area contributed by atoms with Crippen LogP contribution in [0.5, 0.6) is 0 Å². The molecule has 2 saturated carbocycles. The fourth-order valence-corrected chi connectivity index (χ4v) is 4.47. The molecule has 3 aromatic carbocycles. The van der Waals surface area contributed by atoms with Crippen LogP contribution in [-0.4, -0.2) is 24.6 Å². The number of carbonyl (C=O) groups excluding carboxylic acids is 2. The van der Waals surface area contributed by atoms with E-state index in [1.165, 1.54) is 24.8 Å². The predicted octanol–water partition coefficient (Wildman–Crippen LogP) is 5.36. The highest BCUT2D eigenvalue weighted by molar-refractivity contribution is 6.05. The third-order valence-electron chi connectivity index (χ3n) is 7.15. The summed E-state index contributed by atoms with van der Waals surface area (Å²) in [6.07, 6.45) is 3.48. The SMILES string of the molecule is C[C@@H](NC(=O)OCc1ccc([C@H]2C[C@@H]2NCC2CC2)cc1)c1ccc(C(=O)Nc2ccccc2N)cc1. The first-order valence-electron chi connectivity index (χ1n) is 13.0. The topological polar surface area (TPSA) is 105 Å². The van der Waals surface area contributed by atoms with Crippen molar-refractivity contribution in [2.45, 2.75) is 50.8 Å². The normalized spacial score (nSPS) is 19.1. The molecule has 37 heavy (non-hydrogen) atoms. The molecule has 0 spiro atoms. The van der Waals surface area contributed by atoms with E-state index in [1.807, 2.05) is 43.3 Å². The molecule has 0 aromatic heterocycles. The van der Waals surface area contributed by atoms with Gasteiger partial charge in [-0.3, -0.25) is 4.79 Å². The molecule has 2 fully saturated rings. The lowest BCUT2D eigenvalue weighted by Crippen LogP contribution is -2.27. The number of ether oxygens (including phenoxy) is 1. The Hall–Kier alpha value is -3.84. The second-order valence-electron chi connectivity index (χ2n) is 10.1. The number of nitrogen functional groups attached to an aromatic ring is 1. The molecule has 3 atom stereocenters. The second-order valence-corrected chi connectivity index (χ2v) is 10.1. The average molecular weight is 499 g/mol. The predicted molar refractivity (Wildman–Crippen MR) is 145 cm³/mol. The number of nitrogens with two attached hydrogens (primary N) is 1. The van der Waals surface area contributed by atoms with Crippen molar-refractivity contribution in [2.75, 3.05) is 17.6 Å². The Morgan fingerprint density at radius 1 is 1.00 bits per heavy atom. The van der Waals surface area contributed by atoms with Crippen LogP contribution in [-0.2, 0) is 11.3 Å². The quantitative estimate of drug-likeness (QED) is 0.282. The van der Waals surface area contributed by atoms with Crippen LogP contribution in [0.25, 0.3) is 0 Å². The van der Waals surface area contributed by atoms with E-state index < -0.39 is 6.09 Å². The summed E-state index contributed by atoms with van der Waals surface area (Å²) in [6, 6.07) is 22.9. The molecule has 0 radical (unpaired) electrons. The van der Waals surface area contributed by atoms with Crippen LogP contribution in [0.4, 0.5) is 16.2 Å². The number of anilines is 2. The number of amides is 2. The van der Waals surface area contributed by atoms with Crippen LogP contribution >= 0.6 is 0 Å². The highest BCUT2D eigenvalue weighted by Gasteiger charge is 2.38. The van der Waals surface area contributed by atoms with Gasteiger partial charge < -0.3 is 26.4 Å². The standard InChI is InChI=1S/C30H34N4O3/c1-19(22-12-14-24(15-13-22)29(35)34-27-5-3-2-4-26(27)31)33-30(36)37-18-21-8-10-23(11-9-21)25-16-28(25)32-17-20-6-7-20/h2-5,8-15,19-20,25,28,32H,6-7,16-18,31H2,1H3,(H,33,36)(H,34,35)/t19-,25-,28+/m1/s1. The summed E-state index contributed by atoms with van der Waals surface area (Å²) < 4.78 is 5.43. The molecular formula is C30H34N4O3. The third kappa shape index (κ3) is 6.68. The number of benzene rings is 3. The number of hydrogen-bond donors (Lipinski definition) is 4. The van der Waals surface area contributed by atoms with E-state index in [9.17, 15) is 9.59 Å². The molecule has 0 unspecified atom stereocenters. The summed E-state index contributed by atoms with van der Waals surface area (Å²) in [5, 5.41) is 9.33. The Morgan fingerprint density at radius 2 is 1.73 bits per heavy atom. The molecular weight excluding hydrogens is 464 g/mol. The van der Waals surface area contributed by atoms with Gasteiger partial charge in [0, 0.05) is 17.5 Å². The van der Waals surface area contributed by atoms with Gasteiger partial charge in [-0.2, -0.15) is 0 Å². The lowest BCUT2D eigenvalue weighted by atomic mass is 10.1. The Labute approximate surface area is 217 Å². The van der Waals surface area contributed by atoms with E-state index in [0.29, 0.717) is 28.9 Å². The minimum Gasteiger partial charge on any atom is -0.445 e. The van der Waals surface area contributed by atoms with Crippen molar-refractivity contribution in [1.82, 2.24) is 10.6 Å². The first kappa shape index (κ1) is 24.8. The molecule has 0 bridgehead atoms. The maximum atomic E-state index is 12.5. The molecule has 7 nitrogen and oxygen atoms in total. The van der Waals surface area contributed by atoms with Crippen LogP contribution in [0.1, 0.15) is 65.2 Å². The monoisotopic (exact) mass is 498 g/mol. The average Bonchev–Trinajstić information content (AvgIpc) is 3.83. The largest absolute Gasteiger partial charge is 0.445 e. The number of para-hydroxylation sites is 2. The van der Waals surface area contributed by atoms with Crippen molar-refractivity contribution in [3.63, 3.8) is 0 Å². The van der Waals surface area contributed by atoms with E-state index >= 15 is 0 Å². The number of rotatable bonds is 10. The molecule has 3 aromatic rings. The highest BCUT2D eigenvalue weighted by atomic mass is 16.5. The lowest BCUT2D eigenvalue weighted by Gasteiger charge is -2.15. The number of nitrogens with one attached hydrogen (secondary N) is 3. The summed E-state index contributed by atoms with van der Waals surface area (Å²) >= 11 is 0. The van der Waals surface area contributed by atoms with Gasteiger partial charge in [-0.25, -0.2) is 4.79 Å². The Bertz CT molecular complexity index is 1240. The van der Waals surface area contributed by atoms with Crippen molar-refractivity contribution in [3.05, 3.63) is 95.1 Å².